The molecule has 2 amide bonds. The molecule has 1 unspecified atom stereocenters. The molecule has 0 saturated carbocycles. The lowest BCUT2D eigenvalue weighted by atomic mass is 9.91. The van der Waals surface area contributed by atoms with Gasteiger partial charge in [-0.15, -0.1) is 0 Å². The number of nitrogens with zero attached hydrogens (tertiary/aromatic N) is 1. The molecule has 9 nitrogen and oxygen atoms in total. The van der Waals surface area contributed by atoms with Crippen molar-refractivity contribution in [2.45, 2.75) is 11.7 Å². The molecule has 1 atom stereocenters. The fraction of sp³-hybridized carbons (Fsp3) is 0.143. The number of benzene rings is 2. The number of aromatic amines is 1. The second-order valence-electron chi connectivity index (χ2n) is 7.18. The molecule has 2 aromatic carbocycles. The number of hydrogen-bond acceptors (Lipinski definition) is 5. The Morgan fingerprint density at radius 1 is 1.06 bits per heavy atom. The van der Waals surface area contributed by atoms with Crippen LogP contribution in [0.3, 0.4) is 0 Å². The molecule has 0 bridgehead atoms. The Bertz CT molecular complexity index is 1410. The highest BCUT2D eigenvalue weighted by Gasteiger charge is 2.68. The molecule has 2 heterocycles. The van der Waals surface area contributed by atoms with Crippen LogP contribution in [-0.4, -0.2) is 34.7 Å². The monoisotopic (exact) mass is 494 g/mol. The van der Waals surface area contributed by atoms with Crippen LogP contribution < -0.4 is 26.6 Å². The zero-order valence-corrected chi connectivity index (χ0v) is 17.9. The minimum atomic E-state index is -5.46. The van der Waals surface area contributed by atoms with E-state index < -0.39 is 46.2 Å². The minimum absolute atomic E-state index is 0.0154. The maximum atomic E-state index is 14.5. The van der Waals surface area contributed by atoms with E-state index in [4.69, 9.17) is 16.3 Å². The fourth-order valence-electron chi connectivity index (χ4n) is 3.60. The minimum Gasteiger partial charge on any atom is -0.497 e. The standard InChI is InChI=1S/C21H14ClF3N4O5/c1-34-13-8-2-10(3-9-13)16(30)28-20(21(23,24)25)14-15(26-18(20)32)29(19(33)27-17(14)31)12-6-4-11(22)5-7-12/h2-9H,1H3,(H,26,32)(H,28,30)(H,27,31,33). The van der Waals surface area contributed by atoms with Crippen molar-refractivity contribution in [3.8, 4) is 11.4 Å². The van der Waals surface area contributed by atoms with E-state index in [1.165, 1.54) is 55.6 Å². The summed E-state index contributed by atoms with van der Waals surface area (Å²) in [6.45, 7) is 0. The number of nitrogens with one attached hydrogen (secondary N) is 3. The number of alkyl halides is 3. The summed E-state index contributed by atoms with van der Waals surface area (Å²) in [5.41, 5.74) is -7.76. The number of amides is 2. The molecule has 0 fully saturated rings. The summed E-state index contributed by atoms with van der Waals surface area (Å²) in [6.07, 6.45) is -5.46. The number of halogens is 4. The zero-order chi connectivity index (χ0) is 24.8. The smallest absolute Gasteiger partial charge is 0.425 e. The molecule has 0 saturated heterocycles. The number of H-pyrrole nitrogens is 1. The predicted octanol–water partition coefficient (Wildman–Crippen LogP) is 2.33. The summed E-state index contributed by atoms with van der Waals surface area (Å²) in [5, 5.41) is 3.89. The quantitative estimate of drug-likeness (QED) is 0.514. The van der Waals surface area contributed by atoms with Gasteiger partial charge in [-0.2, -0.15) is 13.2 Å². The second kappa shape index (κ2) is 8.06. The molecule has 4 rings (SSSR count). The highest BCUT2D eigenvalue weighted by Crippen LogP contribution is 2.45. The van der Waals surface area contributed by atoms with Crippen molar-refractivity contribution in [1.82, 2.24) is 14.9 Å². The van der Waals surface area contributed by atoms with Crippen LogP contribution in [-0.2, 0) is 10.3 Å². The van der Waals surface area contributed by atoms with E-state index in [9.17, 15) is 32.3 Å². The van der Waals surface area contributed by atoms with E-state index in [2.05, 4.69) is 0 Å². The summed E-state index contributed by atoms with van der Waals surface area (Å²) in [6, 6.07) is 10.4. The van der Waals surface area contributed by atoms with Gasteiger partial charge in [0.1, 0.15) is 17.1 Å². The topological polar surface area (TPSA) is 122 Å². The molecule has 176 valence electrons. The molecule has 1 aliphatic heterocycles. The molecule has 34 heavy (non-hydrogen) atoms. The summed E-state index contributed by atoms with van der Waals surface area (Å²) in [7, 11) is 1.36. The third kappa shape index (κ3) is 3.52. The lowest BCUT2D eigenvalue weighted by Crippen LogP contribution is -2.62. The van der Waals surface area contributed by atoms with Crippen LogP contribution in [0.4, 0.5) is 19.0 Å². The van der Waals surface area contributed by atoms with Gasteiger partial charge in [-0.25, -0.2) is 9.36 Å². The van der Waals surface area contributed by atoms with Gasteiger partial charge >= 0.3 is 11.9 Å². The summed E-state index contributed by atoms with van der Waals surface area (Å²) < 4.78 is 49.0. The predicted molar refractivity (Wildman–Crippen MR) is 114 cm³/mol. The van der Waals surface area contributed by atoms with Crippen molar-refractivity contribution in [2.24, 2.45) is 0 Å². The molecular weight excluding hydrogens is 481 g/mol. The summed E-state index contributed by atoms with van der Waals surface area (Å²) in [5.74, 6) is -3.43. The molecule has 1 aliphatic rings. The van der Waals surface area contributed by atoms with Gasteiger partial charge in [0.05, 0.1) is 12.8 Å². The van der Waals surface area contributed by atoms with Crippen LogP contribution in [0.25, 0.3) is 5.69 Å². The summed E-state index contributed by atoms with van der Waals surface area (Å²) >= 11 is 5.83. The van der Waals surface area contributed by atoms with Gasteiger partial charge in [0, 0.05) is 10.6 Å². The first-order valence-electron chi connectivity index (χ1n) is 9.50. The molecule has 3 N–H and O–H groups in total. The highest BCUT2D eigenvalue weighted by molar-refractivity contribution is 6.30. The Morgan fingerprint density at radius 3 is 2.24 bits per heavy atom. The van der Waals surface area contributed by atoms with Gasteiger partial charge in [-0.3, -0.25) is 19.4 Å². The van der Waals surface area contributed by atoms with Crippen molar-refractivity contribution in [2.75, 3.05) is 12.4 Å². The number of ether oxygens (including phenoxy) is 1. The van der Waals surface area contributed by atoms with E-state index in [0.717, 1.165) is 0 Å². The zero-order valence-electron chi connectivity index (χ0n) is 17.1. The van der Waals surface area contributed by atoms with E-state index in [1.807, 2.05) is 5.32 Å². The number of carbonyl (C=O) groups excluding carboxylic acids is 2. The molecule has 13 heteroatoms. The van der Waals surface area contributed by atoms with Gasteiger partial charge in [0.2, 0.25) is 0 Å². The Kier molecular flexibility index (Phi) is 5.48. The number of rotatable bonds is 4. The number of anilines is 1. The van der Waals surface area contributed by atoms with Crippen molar-refractivity contribution in [3.63, 3.8) is 0 Å². The molecule has 0 radical (unpaired) electrons. The van der Waals surface area contributed by atoms with E-state index >= 15 is 0 Å². The van der Waals surface area contributed by atoms with Crippen LogP contribution in [0.5, 0.6) is 5.75 Å². The Labute approximate surface area is 193 Å². The van der Waals surface area contributed by atoms with Crippen molar-refractivity contribution in [3.05, 3.63) is 85.5 Å². The number of hydrogen-bond donors (Lipinski definition) is 3. The Morgan fingerprint density at radius 2 is 1.68 bits per heavy atom. The number of methoxy groups -OCH3 is 1. The number of fused-ring (bicyclic) bond motifs is 1. The van der Waals surface area contributed by atoms with Crippen LogP contribution >= 0.6 is 11.6 Å². The third-order valence-corrected chi connectivity index (χ3v) is 5.47. The highest BCUT2D eigenvalue weighted by atomic mass is 35.5. The first kappa shape index (κ1) is 23.1. The fourth-order valence-corrected chi connectivity index (χ4v) is 3.73. The first-order valence-corrected chi connectivity index (χ1v) is 9.88. The summed E-state index contributed by atoms with van der Waals surface area (Å²) in [4.78, 5) is 52.5. The van der Waals surface area contributed by atoms with E-state index in [-0.39, 0.29) is 16.3 Å². The van der Waals surface area contributed by atoms with Gasteiger partial charge in [-0.05, 0) is 48.5 Å². The average Bonchev–Trinajstić information content (AvgIpc) is 3.08. The molecular formula is C21H14ClF3N4O5. The number of carbonyl (C=O) groups is 2. The largest absolute Gasteiger partial charge is 0.497 e. The maximum absolute atomic E-state index is 14.5. The van der Waals surface area contributed by atoms with Crippen molar-refractivity contribution < 1.29 is 27.5 Å². The maximum Gasteiger partial charge on any atom is 0.425 e. The Balaban J connectivity index is 1.93. The van der Waals surface area contributed by atoms with Crippen molar-refractivity contribution in [1.29, 1.82) is 0 Å². The van der Waals surface area contributed by atoms with Crippen LogP contribution in [0.15, 0.2) is 58.1 Å². The van der Waals surface area contributed by atoms with E-state index in [1.54, 1.807) is 10.3 Å². The third-order valence-electron chi connectivity index (χ3n) is 5.22. The van der Waals surface area contributed by atoms with Crippen LogP contribution in [0, 0.1) is 0 Å². The lowest BCUT2D eigenvalue weighted by Gasteiger charge is -2.30. The van der Waals surface area contributed by atoms with E-state index in [0.29, 0.717) is 10.3 Å². The normalized spacial score (nSPS) is 17.1. The van der Waals surface area contributed by atoms with Crippen molar-refractivity contribution >= 4 is 29.2 Å². The molecule has 0 spiro atoms. The average molecular weight is 495 g/mol. The SMILES string of the molecule is COc1ccc(C(=O)NC2(C(F)(F)F)C(=O)Nc3c2c(=O)[nH]c(=O)n3-c2ccc(Cl)cc2)cc1. The number of aromatic nitrogens is 2. The second-order valence-corrected chi connectivity index (χ2v) is 7.62. The van der Waals surface area contributed by atoms with Crippen LogP contribution in [0.1, 0.15) is 15.9 Å². The van der Waals surface area contributed by atoms with Gasteiger partial charge in [0.15, 0.2) is 0 Å². The molecule has 1 aromatic heterocycles. The molecule has 0 aliphatic carbocycles. The Hall–Kier alpha value is -4.06. The van der Waals surface area contributed by atoms with Gasteiger partial charge in [-0.1, -0.05) is 11.6 Å². The molecule has 3 aromatic rings. The van der Waals surface area contributed by atoms with Gasteiger partial charge in [0.25, 0.3) is 22.9 Å². The van der Waals surface area contributed by atoms with Gasteiger partial charge < -0.3 is 15.4 Å². The lowest BCUT2D eigenvalue weighted by molar-refractivity contribution is -0.196. The first-order chi connectivity index (χ1) is 16.0. The van der Waals surface area contributed by atoms with Crippen LogP contribution in [0.2, 0.25) is 5.02 Å².